The molecule has 1 atom stereocenters. The summed E-state index contributed by atoms with van der Waals surface area (Å²) in [6.45, 7) is 0.884. The van der Waals surface area contributed by atoms with Gasteiger partial charge in [-0.15, -0.1) is 11.6 Å². The summed E-state index contributed by atoms with van der Waals surface area (Å²) >= 11 is 5.75. The zero-order valence-electron chi connectivity index (χ0n) is 13.0. The molecule has 0 aromatic heterocycles. The van der Waals surface area contributed by atoms with E-state index >= 15 is 0 Å². The van der Waals surface area contributed by atoms with Gasteiger partial charge in [0.25, 0.3) is 0 Å². The Morgan fingerprint density at radius 1 is 1.23 bits per heavy atom. The highest BCUT2D eigenvalue weighted by atomic mass is 35.5. The quantitative estimate of drug-likeness (QED) is 0.568. The SMILES string of the molecule is COc1ccc([C@H]2CC(=O)C=CN2CCCCCl)cc1OC. The average Bonchev–Trinajstić information content (AvgIpc) is 2.55. The van der Waals surface area contributed by atoms with E-state index in [-0.39, 0.29) is 11.8 Å². The molecule has 0 radical (unpaired) electrons. The third-order valence-corrected chi connectivity index (χ3v) is 4.11. The molecule has 0 saturated heterocycles. The molecule has 0 aliphatic carbocycles. The van der Waals surface area contributed by atoms with Gasteiger partial charge in [-0.25, -0.2) is 0 Å². The molecule has 1 aliphatic heterocycles. The van der Waals surface area contributed by atoms with Crippen LogP contribution >= 0.6 is 11.6 Å². The summed E-state index contributed by atoms with van der Waals surface area (Å²) in [6.07, 6.45) is 6.00. The van der Waals surface area contributed by atoms with Gasteiger partial charge in [0.2, 0.25) is 0 Å². The maximum atomic E-state index is 11.8. The standard InChI is InChI=1S/C17H22ClNO3/c1-21-16-6-5-13(11-17(16)22-2)15-12-14(20)7-10-19(15)9-4-3-8-18/h5-7,10-11,15H,3-4,8-9,12H2,1-2H3/t15-/m1/s1. The molecule has 120 valence electrons. The van der Waals surface area contributed by atoms with Crippen LogP contribution in [0.2, 0.25) is 0 Å². The summed E-state index contributed by atoms with van der Waals surface area (Å²) in [4.78, 5) is 14.0. The van der Waals surface area contributed by atoms with Crippen molar-refractivity contribution in [2.75, 3.05) is 26.6 Å². The molecular weight excluding hydrogens is 302 g/mol. The van der Waals surface area contributed by atoms with Crippen LogP contribution in [-0.4, -0.2) is 37.3 Å². The highest BCUT2D eigenvalue weighted by Crippen LogP contribution is 2.35. The number of methoxy groups -OCH3 is 2. The van der Waals surface area contributed by atoms with E-state index in [4.69, 9.17) is 21.1 Å². The molecule has 0 amide bonds. The first-order valence-corrected chi connectivity index (χ1v) is 7.97. The lowest BCUT2D eigenvalue weighted by atomic mass is 9.96. The van der Waals surface area contributed by atoms with Crippen LogP contribution in [0.25, 0.3) is 0 Å². The van der Waals surface area contributed by atoms with Crippen molar-refractivity contribution in [3.05, 3.63) is 36.0 Å². The predicted octanol–water partition coefficient (Wildman–Crippen LogP) is 3.55. The number of carbonyl (C=O) groups excluding carboxylic acids is 1. The van der Waals surface area contributed by atoms with Gasteiger partial charge in [0.05, 0.1) is 20.3 Å². The van der Waals surface area contributed by atoms with Gasteiger partial charge in [0.15, 0.2) is 17.3 Å². The van der Waals surface area contributed by atoms with Crippen molar-refractivity contribution in [3.63, 3.8) is 0 Å². The third kappa shape index (κ3) is 3.95. The lowest BCUT2D eigenvalue weighted by Crippen LogP contribution is -2.30. The molecule has 0 N–H and O–H groups in total. The minimum atomic E-state index is 0.0348. The second kappa shape index (κ2) is 8.08. The summed E-state index contributed by atoms with van der Waals surface area (Å²) in [7, 11) is 3.23. The number of rotatable bonds is 7. The third-order valence-electron chi connectivity index (χ3n) is 3.84. The highest BCUT2D eigenvalue weighted by Gasteiger charge is 2.24. The fraction of sp³-hybridized carbons (Fsp3) is 0.471. The van der Waals surface area contributed by atoms with Crippen molar-refractivity contribution in [3.8, 4) is 11.5 Å². The maximum absolute atomic E-state index is 11.8. The molecule has 1 heterocycles. The number of alkyl halides is 1. The summed E-state index contributed by atoms with van der Waals surface area (Å²) in [6, 6.07) is 5.86. The molecule has 0 fully saturated rings. The summed E-state index contributed by atoms with van der Waals surface area (Å²) in [5, 5.41) is 0. The number of halogens is 1. The van der Waals surface area contributed by atoms with Crippen LogP contribution in [-0.2, 0) is 4.79 Å². The van der Waals surface area contributed by atoms with Crippen molar-refractivity contribution in [1.82, 2.24) is 4.90 Å². The number of nitrogens with zero attached hydrogens (tertiary/aromatic N) is 1. The molecule has 1 aliphatic rings. The maximum Gasteiger partial charge on any atom is 0.161 e. The van der Waals surface area contributed by atoms with Gasteiger partial charge in [-0.3, -0.25) is 4.79 Å². The van der Waals surface area contributed by atoms with Gasteiger partial charge in [-0.1, -0.05) is 6.07 Å². The Bertz CT molecular complexity index is 545. The monoisotopic (exact) mass is 323 g/mol. The number of hydrogen-bond acceptors (Lipinski definition) is 4. The van der Waals surface area contributed by atoms with E-state index in [1.54, 1.807) is 20.3 Å². The zero-order chi connectivity index (χ0) is 15.9. The Balaban J connectivity index is 2.22. The first kappa shape index (κ1) is 16.7. The molecular formula is C17H22ClNO3. The minimum absolute atomic E-state index is 0.0348. The summed E-state index contributed by atoms with van der Waals surface area (Å²) in [5.74, 6) is 2.19. The smallest absolute Gasteiger partial charge is 0.161 e. The van der Waals surface area contributed by atoms with Gasteiger partial charge in [0.1, 0.15) is 0 Å². The predicted molar refractivity (Wildman–Crippen MR) is 87.7 cm³/mol. The largest absolute Gasteiger partial charge is 0.493 e. The highest BCUT2D eigenvalue weighted by molar-refractivity contribution is 6.17. The Morgan fingerprint density at radius 3 is 2.68 bits per heavy atom. The van der Waals surface area contributed by atoms with Gasteiger partial charge in [-0.05, 0) is 36.6 Å². The van der Waals surface area contributed by atoms with E-state index in [2.05, 4.69) is 4.90 Å². The van der Waals surface area contributed by atoms with Crippen LogP contribution in [0.5, 0.6) is 11.5 Å². The lowest BCUT2D eigenvalue weighted by molar-refractivity contribution is -0.116. The minimum Gasteiger partial charge on any atom is -0.493 e. The molecule has 1 aromatic carbocycles. The van der Waals surface area contributed by atoms with Gasteiger partial charge in [-0.2, -0.15) is 0 Å². The van der Waals surface area contributed by atoms with Crippen molar-refractivity contribution >= 4 is 17.4 Å². The first-order valence-electron chi connectivity index (χ1n) is 7.44. The number of ether oxygens (including phenoxy) is 2. The topological polar surface area (TPSA) is 38.8 Å². The van der Waals surface area contributed by atoms with Crippen LogP contribution in [0.4, 0.5) is 0 Å². The van der Waals surface area contributed by atoms with Gasteiger partial charge < -0.3 is 14.4 Å². The van der Waals surface area contributed by atoms with E-state index in [0.29, 0.717) is 23.8 Å². The Hall–Kier alpha value is -1.68. The fourth-order valence-corrected chi connectivity index (χ4v) is 2.84. The molecule has 2 rings (SSSR count). The van der Waals surface area contributed by atoms with Crippen molar-refractivity contribution in [1.29, 1.82) is 0 Å². The summed E-state index contributed by atoms with van der Waals surface area (Å²) < 4.78 is 10.6. The van der Waals surface area contributed by atoms with Crippen molar-refractivity contribution in [2.24, 2.45) is 0 Å². The Labute approximate surface area is 136 Å². The van der Waals surface area contributed by atoms with Crippen molar-refractivity contribution in [2.45, 2.75) is 25.3 Å². The van der Waals surface area contributed by atoms with Gasteiger partial charge >= 0.3 is 0 Å². The van der Waals surface area contributed by atoms with E-state index < -0.39 is 0 Å². The normalized spacial score (nSPS) is 17.7. The molecule has 0 unspecified atom stereocenters. The van der Waals surface area contributed by atoms with Crippen LogP contribution in [0.3, 0.4) is 0 Å². The Kier molecular flexibility index (Phi) is 6.13. The van der Waals surface area contributed by atoms with Crippen LogP contribution in [0.1, 0.15) is 30.9 Å². The van der Waals surface area contributed by atoms with E-state index in [1.807, 2.05) is 24.4 Å². The molecule has 4 nitrogen and oxygen atoms in total. The number of allylic oxidation sites excluding steroid dienone is 1. The second-order valence-corrected chi connectivity index (χ2v) is 5.63. The number of hydrogen-bond donors (Lipinski definition) is 0. The molecule has 0 spiro atoms. The molecule has 1 aromatic rings. The zero-order valence-corrected chi connectivity index (χ0v) is 13.8. The first-order chi connectivity index (χ1) is 10.7. The number of unbranched alkanes of at least 4 members (excludes halogenated alkanes) is 1. The number of benzene rings is 1. The van der Waals surface area contributed by atoms with E-state index in [1.165, 1.54) is 0 Å². The van der Waals surface area contributed by atoms with E-state index in [0.717, 1.165) is 24.9 Å². The van der Waals surface area contributed by atoms with Crippen LogP contribution in [0, 0.1) is 0 Å². The average molecular weight is 324 g/mol. The molecule has 0 bridgehead atoms. The van der Waals surface area contributed by atoms with E-state index in [9.17, 15) is 4.79 Å². The number of ketones is 1. The molecule has 0 saturated carbocycles. The van der Waals surface area contributed by atoms with Crippen LogP contribution in [0.15, 0.2) is 30.5 Å². The van der Waals surface area contributed by atoms with Crippen molar-refractivity contribution < 1.29 is 14.3 Å². The Morgan fingerprint density at radius 2 is 2.00 bits per heavy atom. The van der Waals surface area contributed by atoms with Gasteiger partial charge in [0, 0.05) is 25.0 Å². The lowest BCUT2D eigenvalue weighted by Gasteiger charge is -2.33. The second-order valence-electron chi connectivity index (χ2n) is 5.25. The van der Waals surface area contributed by atoms with Crippen LogP contribution < -0.4 is 9.47 Å². The summed E-state index contributed by atoms with van der Waals surface area (Å²) in [5.41, 5.74) is 1.06. The fourth-order valence-electron chi connectivity index (χ4n) is 2.65. The molecule has 5 heteroatoms. The molecule has 22 heavy (non-hydrogen) atoms. The number of carbonyl (C=O) groups is 1.